The predicted molar refractivity (Wildman–Crippen MR) is 74.5 cm³/mol. The second-order valence-electron chi connectivity index (χ2n) is 6.10. The van der Waals surface area contributed by atoms with Gasteiger partial charge < -0.3 is 10.3 Å². The minimum Gasteiger partial charge on any atom is -0.338 e. The molecule has 1 fully saturated rings. The van der Waals surface area contributed by atoms with Crippen molar-refractivity contribution in [2.24, 2.45) is 17.6 Å². The first kappa shape index (κ1) is 14.5. The standard InChI is InChI=1S/C14H26N4O/c1-10(2)7-13-16-14(19-17-13)9-18-6-4-5-11(3)12(18)8-15/h10-12H,4-9,15H2,1-3H3. The van der Waals surface area contributed by atoms with Gasteiger partial charge in [-0.25, -0.2) is 0 Å². The van der Waals surface area contributed by atoms with Crippen molar-refractivity contribution in [2.75, 3.05) is 13.1 Å². The highest BCUT2D eigenvalue weighted by molar-refractivity contribution is 4.90. The average molecular weight is 266 g/mol. The van der Waals surface area contributed by atoms with E-state index in [1.165, 1.54) is 12.8 Å². The Hall–Kier alpha value is -0.940. The summed E-state index contributed by atoms with van der Waals surface area (Å²) >= 11 is 0. The Balaban J connectivity index is 1.97. The van der Waals surface area contributed by atoms with E-state index in [1.54, 1.807) is 0 Å². The van der Waals surface area contributed by atoms with E-state index in [1.807, 2.05) is 0 Å². The predicted octanol–water partition coefficient (Wildman–Crippen LogP) is 1.83. The summed E-state index contributed by atoms with van der Waals surface area (Å²) in [5, 5.41) is 4.05. The Morgan fingerprint density at radius 2 is 2.26 bits per heavy atom. The first-order valence-electron chi connectivity index (χ1n) is 7.35. The van der Waals surface area contributed by atoms with Crippen LogP contribution in [0.15, 0.2) is 4.52 Å². The van der Waals surface area contributed by atoms with Crippen LogP contribution in [-0.4, -0.2) is 34.2 Å². The van der Waals surface area contributed by atoms with E-state index in [9.17, 15) is 0 Å². The van der Waals surface area contributed by atoms with Gasteiger partial charge in [-0.15, -0.1) is 0 Å². The molecule has 0 aromatic carbocycles. The van der Waals surface area contributed by atoms with Crippen LogP contribution >= 0.6 is 0 Å². The minimum atomic E-state index is 0.439. The maximum Gasteiger partial charge on any atom is 0.240 e. The molecule has 0 saturated carbocycles. The number of nitrogens with two attached hydrogens (primary N) is 1. The van der Waals surface area contributed by atoms with Crippen molar-refractivity contribution in [3.63, 3.8) is 0 Å². The van der Waals surface area contributed by atoms with Gasteiger partial charge in [-0.05, 0) is 31.2 Å². The Kier molecular flexibility index (Phi) is 4.93. The molecule has 5 nitrogen and oxygen atoms in total. The van der Waals surface area contributed by atoms with Crippen LogP contribution in [0.25, 0.3) is 0 Å². The van der Waals surface area contributed by atoms with Crippen molar-refractivity contribution < 1.29 is 4.52 Å². The van der Waals surface area contributed by atoms with Gasteiger partial charge in [0.25, 0.3) is 0 Å². The van der Waals surface area contributed by atoms with Crippen molar-refractivity contribution in [2.45, 2.75) is 52.6 Å². The van der Waals surface area contributed by atoms with E-state index in [0.29, 0.717) is 24.4 Å². The fourth-order valence-corrected chi connectivity index (χ4v) is 2.89. The van der Waals surface area contributed by atoms with Gasteiger partial charge in [0.15, 0.2) is 5.82 Å². The van der Waals surface area contributed by atoms with Gasteiger partial charge in [-0.2, -0.15) is 4.98 Å². The van der Waals surface area contributed by atoms with Crippen LogP contribution in [0.3, 0.4) is 0 Å². The Labute approximate surface area is 115 Å². The maximum atomic E-state index is 5.90. The van der Waals surface area contributed by atoms with Crippen molar-refractivity contribution in [1.29, 1.82) is 0 Å². The van der Waals surface area contributed by atoms with Crippen LogP contribution in [0.4, 0.5) is 0 Å². The van der Waals surface area contributed by atoms with Crippen LogP contribution in [-0.2, 0) is 13.0 Å². The van der Waals surface area contributed by atoms with Crippen molar-refractivity contribution in [1.82, 2.24) is 15.0 Å². The molecule has 1 saturated heterocycles. The molecule has 108 valence electrons. The summed E-state index contributed by atoms with van der Waals surface area (Å²) in [5.74, 6) is 2.75. The summed E-state index contributed by atoms with van der Waals surface area (Å²) in [5.41, 5.74) is 5.90. The Bertz CT molecular complexity index is 391. The van der Waals surface area contributed by atoms with E-state index in [2.05, 4.69) is 35.8 Å². The molecule has 19 heavy (non-hydrogen) atoms. The molecule has 5 heteroatoms. The van der Waals surface area contributed by atoms with Gasteiger partial charge >= 0.3 is 0 Å². The summed E-state index contributed by atoms with van der Waals surface area (Å²) in [6.07, 6.45) is 3.37. The molecule has 2 rings (SSSR count). The second-order valence-corrected chi connectivity index (χ2v) is 6.10. The lowest BCUT2D eigenvalue weighted by Gasteiger charge is -2.38. The normalized spacial score (nSPS) is 25.1. The van der Waals surface area contributed by atoms with E-state index in [-0.39, 0.29) is 0 Å². The van der Waals surface area contributed by atoms with E-state index in [0.717, 1.165) is 31.2 Å². The van der Waals surface area contributed by atoms with Crippen molar-refractivity contribution >= 4 is 0 Å². The molecule has 0 radical (unpaired) electrons. The zero-order valence-electron chi connectivity index (χ0n) is 12.3. The van der Waals surface area contributed by atoms with Crippen LogP contribution in [0.2, 0.25) is 0 Å². The van der Waals surface area contributed by atoms with Crippen LogP contribution in [0, 0.1) is 11.8 Å². The topological polar surface area (TPSA) is 68.2 Å². The molecule has 1 aliphatic rings. The molecule has 0 aliphatic carbocycles. The number of aromatic nitrogens is 2. The van der Waals surface area contributed by atoms with Gasteiger partial charge in [0.2, 0.25) is 5.89 Å². The highest BCUT2D eigenvalue weighted by Crippen LogP contribution is 2.24. The van der Waals surface area contributed by atoms with E-state index >= 15 is 0 Å². The number of nitrogens with zero attached hydrogens (tertiary/aromatic N) is 3. The Morgan fingerprint density at radius 1 is 1.47 bits per heavy atom. The first-order chi connectivity index (χ1) is 9.10. The van der Waals surface area contributed by atoms with Gasteiger partial charge in [-0.1, -0.05) is 25.9 Å². The zero-order chi connectivity index (χ0) is 13.8. The zero-order valence-corrected chi connectivity index (χ0v) is 12.3. The molecule has 0 bridgehead atoms. The molecule has 2 N–H and O–H groups in total. The maximum absolute atomic E-state index is 5.90. The SMILES string of the molecule is CC(C)Cc1noc(CN2CCCC(C)C2CN)n1. The van der Waals surface area contributed by atoms with E-state index in [4.69, 9.17) is 10.3 Å². The van der Waals surface area contributed by atoms with Crippen LogP contribution in [0.5, 0.6) is 0 Å². The van der Waals surface area contributed by atoms with E-state index < -0.39 is 0 Å². The second kappa shape index (κ2) is 6.48. The summed E-state index contributed by atoms with van der Waals surface area (Å²) < 4.78 is 5.35. The van der Waals surface area contributed by atoms with Crippen LogP contribution < -0.4 is 5.73 Å². The molecule has 1 aromatic heterocycles. The molecule has 0 amide bonds. The minimum absolute atomic E-state index is 0.439. The number of hydrogen-bond donors (Lipinski definition) is 1. The Morgan fingerprint density at radius 3 is 2.95 bits per heavy atom. The van der Waals surface area contributed by atoms with Gasteiger partial charge in [0, 0.05) is 19.0 Å². The number of likely N-dealkylation sites (tertiary alicyclic amines) is 1. The third kappa shape index (κ3) is 3.76. The highest BCUT2D eigenvalue weighted by Gasteiger charge is 2.28. The lowest BCUT2D eigenvalue weighted by Crippen LogP contribution is -2.48. The molecule has 1 aliphatic heterocycles. The third-order valence-electron chi connectivity index (χ3n) is 3.91. The first-order valence-corrected chi connectivity index (χ1v) is 7.35. The lowest BCUT2D eigenvalue weighted by molar-refractivity contribution is 0.0874. The third-order valence-corrected chi connectivity index (χ3v) is 3.91. The largest absolute Gasteiger partial charge is 0.338 e. The smallest absolute Gasteiger partial charge is 0.240 e. The lowest BCUT2D eigenvalue weighted by atomic mass is 9.91. The summed E-state index contributed by atoms with van der Waals surface area (Å²) in [6, 6.07) is 0.439. The quantitative estimate of drug-likeness (QED) is 0.880. The molecule has 0 spiro atoms. The number of hydrogen-bond acceptors (Lipinski definition) is 5. The van der Waals surface area contributed by atoms with Crippen LogP contribution in [0.1, 0.15) is 45.3 Å². The average Bonchev–Trinajstić information content (AvgIpc) is 2.76. The summed E-state index contributed by atoms with van der Waals surface area (Å²) in [4.78, 5) is 6.87. The molecule has 2 heterocycles. The fourth-order valence-electron chi connectivity index (χ4n) is 2.89. The van der Waals surface area contributed by atoms with Crippen molar-refractivity contribution in [3.05, 3.63) is 11.7 Å². The molecule has 2 unspecified atom stereocenters. The monoisotopic (exact) mass is 266 g/mol. The van der Waals surface area contributed by atoms with Crippen molar-refractivity contribution in [3.8, 4) is 0 Å². The molecule has 2 atom stereocenters. The summed E-state index contributed by atoms with van der Waals surface area (Å²) in [7, 11) is 0. The van der Waals surface area contributed by atoms with Gasteiger partial charge in [0.1, 0.15) is 0 Å². The fraction of sp³-hybridized carbons (Fsp3) is 0.857. The van der Waals surface area contributed by atoms with Gasteiger partial charge in [0.05, 0.1) is 6.54 Å². The highest BCUT2D eigenvalue weighted by atomic mass is 16.5. The molecule has 1 aromatic rings. The molecular formula is C14H26N4O. The summed E-state index contributed by atoms with van der Waals surface area (Å²) in [6.45, 7) is 9.11. The molecular weight excluding hydrogens is 240 g/mol. The van der Waals surface area contributed by atoms with Gasteiger partial charge in [-0.3, -0.25) is 4.90 Å². The number of piperidine rings is 1. The number of rotatable bonds is 5.